The van der Waals surface area contributed by atoms with Crippen LogP contribution in [-0.2, 0) is 0 Å². The molecule has 0 saturated heterocycles. The maximum absolute atomic E-state index is 4.92. The lowest BCUT2D eigenvalue weighted by Gasteiger charge is -2.50. The summed E-state index contributed by atoms with van der Waals surface area (Å²) in [6.45, 7) is 16.3. The Labute approximate surface area is 197 Å². The summed E-state index contributed by atoms with van der Waals surface area (Å²) in [6, 6.07) is 23.7. The van der Waals surface area contributed by atoms with Crippen molar-refractivity contribution in [3.63, 3.8) is 0 Å². The summed E-state index contributed by atoms with van der Waals surface area (Å²) in [6.07, 6.45) is 1.91. The van der Waals surface area contributed by atoms with E-state index in [2.05, 4.69) is 124 Å². The second-order valence-corrected chi connectivity index (χ2v) is 10.6. The fourth-order valence-electron chi connectivity index (χ4n) is 5.92. The first-order chi connectivity index (χ1) is 15.6. The van der Waals surface area contributed by atoms with E-state index in [9.17, 15) is 0 Å². The number of anilines is 3. The molecular formula is C28H33BN4. The zero-order valence-electron chi connectivity index (χ0n) is 20.8. The minimum Gasteiger partial charge on any atom is -0.325 e. The molecule has 5 heteroatoms. The standard InChI is InChI=1S/C28H33BN4/c1-20-22-16-11-12-17-23(22)25(27(2,3)4)29(7)33(20)32-26-24(18-13-19-30-26)31(28(32,5)6)21-14-9-8-10-15-21/h8-19H,1-7H3. The second-order valence-electron chi connectivity index (χ2n) is 10.6. The van der Waals surface area contributed by atoms with Crippen molar-refractivity contribution in [3.8, 4) is 0 Å². The Bertz CT molecular complexity index is 1320. The van der Waals surface area contributed by atoms with Crippen molar-refractivity contribution in [1.29, 1.82) is 0 Å². The van der Waals surface area contributed by atoms with Gasteiger partial charge in [0, 0.05) is 22.8 Å². The molecule has 0 unspecified atom stereocenters. The molecule has 168 valence electrons. The van der Waals surface area contributed by atoms with Gasteiger partial charge in [0.2, 0.25) is 0 Å². The van der Waals surface area contributed by atoms with Crippen LogP contribution >= 0.6 is 0 Å². The van der Waals surface area contributed by atoms with Crippen LogP contribution in [0.1, 0.15) is 41.5 Å². The van der Waals surface area contributed by atoms with E-state index in [1.54, 1.807) is 0 Å². The summed E-state index contributed by atoms with van der Waals surface area (Å²) < 4.78 is 0. The van der Waals surface area contributed by atoms with E-state index in [4.69, 9.17) is 4.98 Å². The summed E-state index contributed by atoms with van der Waals surface area (Å²) in [7, 11) is 0. The highest BCUT2D eigenvalue weighted by molar-refractivity contribution is 6.75. The van der Waals surface area contributed by atoms with Crippen molar-refractivity contribution in [2.24, 2.45) is 5.41 Å². The van der Waals surface area contributed by atoms with E-state index < -0.39 is 0 Å². The zero-order valence-corrected chi connectivity index (χ0v) is 20.8. The number of hydrogen-bond donors (Lipinski definition) is 0. The number of pyridine rings is 1. The number of benzene rings is 2. The molecule has 0 spiro atoms. The summed E-state index contributed by atoms with van der Waals surface area (Å²) in [5.74, 6) is 0.991. The number of fused-ring (bicyclic) bond motifs is 2. The van der Waals surface area contributed by atoms with Crippen LogP contribution in [0.5, 0.6) is 0 Å². The van der Waals surface area contributed by atoms with Crippen molar-refractivity contribution >= 4 is 35.2 Å². The maximum Gasteiger partial charge on any atom is 0.307 e. The topological polar surface area (TPSA) is 22.6 Å². The zero-order chi connectivity index (χ0) is 23.5. The first-order valence-corrected chi connectivity index (χ1v) is 11.8. The van der Waals surface area contributed by atoms with Crippen LogP contribution in [0.2, 0.25) is 6.82 Å². The molecule has 1 aromatic heterocycles. The van der Waals surface area contributed by atoms with Crippen molar-refractivity contribution in [2.45, 2.75) is 54.0 Å². The molecule has 0 saturated carbocycles. The van der Waals surface area contributed by atoms with E-state index >= 15 is 0 Å². The van der Waals surface area contributed by atoms with E-state index in [-0.39, 0.29) is 17.9 Å². The van der Waals surface area contributed by atoms with Gasteiger partial charge in [0.15, 0.2) is 5.82 Å². The molecule has 0 aliphatic carbocycles. The smallest absolute Gasteiger partial charge is 0.307 e. The van der Waals surface area contributed by atoms with Gasteiger partial charge >= 0.3 is 6.85 Å². The molecule has 4 nitrogen and oxygen atoms in total. The highest BCUT2D eigenvalue weighted by Gasteiger charge is 2.50. The molecule has 0 amide bonds. The molecular weight excluding hydrogens is 403 g/mol. The molecule has 2 aliphatic rings. The Morgan fingerprint density at radius 3 is 2.15 bits per heavy atom. The average molecular weight is 436 g/mol. The lowest BCUT2D eigenvalue weighted by molar-refractivity contribution is 0.372. The van der Waals surface area contributed by atoms with Gasteiger partial charge in [-0.05, 0) is 55.7 Å². The lowest BCUT2D eigenvalue weighted by Crippen LogP contribution is -2.65. The highest BCUT2D eigenvalue weighted by Crippen LogP contribution is 2.50. The Balaban J connectivity index is 1.77. The van der Waals surface area contributed by atoms with Crippen molar-refractivity contribution in [2.75, 3.05) is 9.91 Å². The fraction of sp³-hybridized carbons (Fsp3) is 0.321. The molecule has 33 heavy (non-hydrogen) atoms. The monoisotopic (exact) mass is 436 g/mol. The molecule has 2 aliphatic heterocycles. The predicted octanol–water partition coefficient (Wildman–Crippen LogP) is 5.19. The molecule has 3 aromatic rings. The number of hydrogen-bond acceptors (Lipinski definition) is 4. The number of hydrazine groups is 1. The van der Waals surface area contributed by atoms with Gasteiger partial charge in [-0.15, -0.1) is 0 Å². The van der Waals surface area contributed by atoms with E-state index in [0.717, 1.165) is 11.5 Å². The normalized spacial score (nSPS) is 17.4. The van der Waals surface area contributed by atoms with Crippen LogP contribution < -0.4 is 20.3 Å². The van der Waals surface area contributed by atoms with Crippen molar-refractivity contribution < 1.29 is 0 Å². The molecule has 0 fully saturated rings. The molecule has 5 rings (SSSR count). The first kappa shape index (κ1) is 21.6. The van der Waals surface area contributed by atoms with Crippen LogP contribution in [0.4, 0.5) is 17.2 Å². The Kier molecular flexibility index (Phi) is 4.86. The minimum absolute atomic E-state index is 0.0321. The van der Waals surface area contributed by atoms with Gasteiger partial charge < -0.3 is 9.82 Å². The first-order valence-electron chi connectivity index (χ1n) is 11.8. The van der Waals surface area contributed by atoms with Gasteiger partial charge in [-0.25, -0.2) is 4.98 Å². The molecule has 0 radical (unpaired) electrons. The molecule has 0 atom stereocenters. The molecule has 2 aromatic carbocycles. The Hall–Kier alpha value is -3.21. The molecule has 3 heterocycles. The predicted molar refractivity (Wildman–Crippen MR) is 140 cm³/mol. The number of aromatic nitrogens is 1. The van der Waals surface area contributed by atoms with E-state index in [1.165, 1.54) is 27.3 Å². The lowest BCUT2D eigenvalue weighted by atomic mass is 9.48. The van der Waals surface area contributed by atoms with Gasteiger partial charge in [0.05, 0.1) is 5.69 Å². The van der Waals surface area contributed by atoms with Gasteiger partial charge in [0.25, 0.3) is 0 Å². The minimum atomic E-state index is -0.358. The van der Waals surface area contributed by atoms with Gasteiger partial charge in [0.1, 0.15) is 5.66 Å². The van der Waals surface area contributed by atoms with Crippen LogP contribution in [0, 0.1) is 5.41 Å². The van der Waals surface area contributed by atoms with Gasteiger partial charge in [-0.3, -0.25) is 5.01 Å². The summed E-state index contributed by atoms with van der Waals surface area (Å²) in [4.78, 5) is 9.81. The largest absolute Gasteiger partial charge is 0.325 e. The quantitative estimate of drug-likeness (QED) is 0.516. The maximum atomic E-state index is 4.92. The average Bonchev–Trinajstić information content (AvgIpc) is 3.00. The van der Waals surface area contributed by atoms with Crippen LogP contribution in [0.15, 0.2) is 72.9 Å². The Morgan fingerprint density at radius 2 is 1.48 bits per heavy atom. The molecule has 0 N–H and O–H groups in total. The summed E-state index contributed by atoms with van der Waals surface area (Å²) in [5.41, 5.74) is 4.68. The fourth-order valence-corrected chi connectivity index (χ4v) is 5.92. The van der Waals surface area contributed by atoms with Crippen molar-refractivity contribution in [1.82, 2.24) is 9.90 Å². The SMILES string of the molecule is CB1C(C(C)(C)C)=c2ccccc2=C(C)N1N1c2ncccc2N(c2ccccc2)C1(C)C. The van der Waals surface area contributed by atoms with Crippen LogP contribution in [0.25, 0.3) is 11.2 Å². The Morgan fingerprint density at radius 1 is 0.848 bits per heavy atom. The van der Waals surface area contributed by atoms with Crippen LogP contribution in [-0.4, -0.2) is 22.4 Å². The number of nitrogens with zero attached hydrogens (tertiary/aromatic N) is 4. The van der Waals surface area contributed by atoms with E-state index in [0.29, 0.717) is 0 Å². The van der Waals surface area contributed by atoms with Gasteiger partial charge in [-0.1, -0.05) is 75.5 Å². The second kappa shape index (κ2) is 7.41. The summed E-state index contributed by atoms with van der Waals surface area (Å²) >= 11 is 0. The third kappa shape index (κ3) is 3.17. The highest BCUT2D eigenvalue weighted by atomic mass is 15.7. The third-order valence-electron chi connectivity index (χ3n) is 7.05. The number of rotatable bonds is 2. The van der Waals surface area contributed by atoms with Crippen molar-refractivity contribution in [3.05, 3.63) is 83.4 Å². The summed E-state index contributed by atoms with van der Waals surface area (Å²) in [5, 5.41) is 5.08. The van der Waals surface area contributed by atoms with Gasteiger partial charge in [-0.2, -0.15) is 0 Å². The van der Waals surface area contributed by atoms with Crippen LogP contribution in [0.3, 0.4) is 0 Å². The van der Waals surface area contributed by atoms with E-state index in [1.807, 2.05) is 12.3 Å². The third-order valence-corrected chi connectivity index (χ3v) is 7.05. The molecule has 0 bridgehead atoms. The number of para-hydroxylation sites is 1.